The highest BCUT2D eigenvalue weighted by Gasteiger charge is 2.28. The first-order valence-electron chi connectivity index (χ1n) is 11.5. The molecule has 1 N–H and O–H groups in total. The van der Waals surface area contributed by atoms with Gasteiger partial charge in [-0.3, -0.25) is 9.59 Å². The predicted octanol–water partition coefficient (Wildman–Crippen LogP) is 3.79. The molecule has 2 aliphatic rings. The number of hydrogen-bond acceptors (Lipinski definition) is 5. The van der Waals surface area contributed by atoms with Crippen LogP contribution >= 0.6 is 0 Å². The molecule has 2 heterocycles. The standard InChI is InChI=1S/C26H24FN3O5S/c27-20-7-3-18(4-8-20)16-30-23-12-9-21(15-24(23)35-17-25(30)31)28-26(32)19-5-10-22(11-6-19)36(33,34)29-13-1-2-14-29/h3-12,15H,1-2,13-14,16-17H2,(H,28,32). The second-order valence-corrected chi connectivity index (χ2v) is 10.6. The Morgan fingerprint density at radius 3 is 2.36 bits per heavy atom. The van der Waals surface area contributed by atoms with E-state index in [0.29, 0.717) is 35.8 Å². The largest absolute Gasteiger partial charge is 0.481 e. The van der Waals surface area contributed by atoms with Gasteiger partial charge in [0.25, 0.3) is 11.8 Å². The molecule has 0 radical (unpaired) electrons. The van der Waals surface area contributed by atoms with Crippen molar-refractivity contribution >= 4 is 33.2 Å². The highest BCUT2D eigenvalue weighted by atomic mass is 32.2. The van der Waals surface area contributed by atoms with Crippen molar-refractivity contribution in [3.05, 3.63) is 83.7 Å². The molecular formula is C26H24FN3O5S. The van der Waals surface area contributed by atoms with E-state index in [2.05, 4.69) is 5.32 Å². The Morgan fingerprint density at radius 2 is 1.67 bits per heavy atom. The summed E-state index contributed by atoms with van der Waals surface area (Å²) in [6.45, 7) is 1.13. The van der Waals surface area contributed by atoms with Crippen LogP contribution in [-0.4, -0.2) is 44.2 Å². The summed E-state index contributed by atoms with van der Waals surface area (Å²) < 4.78 is 45.6. The number of amides is 2. The Morgan fingerprint density at radius 1 is 0.972 bits per heavy atom. The Balaban J connectivity index is 1.30. The monoisotopic (exact) mass is 509 g/mol. The lowest BCUT2D eigenvalue weighted by Gasteiger charge is -2.29. The van der Waals surface area contributed by atoms with Crippen LogP contribution < -0.4 is 15.0 Å². The van der Waals surface area contributed by atoms with Gasteiger partial charge in [0.05, 0.1) is 17.1 Å². The molecule has 1 saturated heterocycles. The third-order valence-electron chi connectivity index (χ3n) is 6.23. The zero-order valence-electron chi connectivity index (χ0n) is 19.3. The molecule has 0 bridgehead atoms. The third kappa shape index (κ3) is 4.82. The first kappa shape index (κ1) is 24.0. The van der Waals surface area contributed by atoms with Gasteiger partial charge in [0.1, 0.15) is 11.6 Å². The van der Waals surface area contributed by atoms with Crippen LogP contribution in [-0.2, 0) is 21.4 Å². The molecule has 186 valence electrons. The fraction of sp³-hybridized carbons (Fsp3) is 0.231. The van der Waals surface area contributed by atoms with Crippen molar-refractivity contribution in [3.8, 4) is 5.75 Å². The van der Waals surface area contributed by atoms with Gasteiger partial charge in [0.15, 0.2) is 6.61 Å². The van der Waals surface area contributed by atoms with Crippen LogP contribution in [0, 0.1) is 5.82 Å². The van der Waals surface area contributed by atoms with E-state index in [4.69, 9.17) is 4.74 Å². The highest BCUT2D eigenvalue weighted by molar-refractivity contribution is 7.89. The number of fused-ring (bicyclic) bond motifs is 1. The number of halogens is 1. The number of carbonyl (C=O) groups is 2. The molecule has 3 aromatic carbocycles. The Hall–Kier alpha value is -3.76. The Labute approximate surface area is 208 Å². The summed E-state index contributed by atoms with van der Waals surface area (Å²) in [5.41, 5.74) is 2.08. The number of nitrogens with one attached hydrogen (secondary N) is 1. The van der Waals surface area contributed by atoms with Crippen LogP contribution in [0.15, 0.2) is 71.6 Å². The van der Waals surface area contributed by atoms with Crippen LogP contribution in [0.1, 0.15) is 28.8 Å². The summed E-state index contributed by atoms with van der Waals surface area (Å²) >= 11 is 0. The lowest BCUT2D eigenvalue weighted by atomic mass is 10.1. The second kappa shape index (κ2) is 9.71. The molecule has 1 fully saturated rings. The molecule has 0 aliphatic carbocycles. The fourth-order valence-electron chi connectivity index (χ4n) is 4.29. The first-order chi connectivity index (χ1) is 17.3. The maximum absolute atomic E-state index is 13.2. The lowest BCUT2D eigenvalue weighted by Crippen LogP contribution is -2.38. The van der Waals surface area contributed by atoms with E-state index in [-0.39, 0.29) is 29.8 Å². The quantitative estimate of drug-likeness (QED) is 0.546. The molecule has 0 aromatic heterocycles. The van der Waals surface area contributed by atoms with E-state index in [0.717, 1.165) is 18.4 Å². The van der Waals surface area contributed by atoms with Crippen LogP contribution in [0.5, 0.6) is 5.75 Å². The number of rotatable bonds is 6. The van der Waals surface area contributed by atoms with Crippen LogP contribution in [0.25, 0.3) is 0 Å². The lowest BCUT2D eigenvalue weighted by molar-refractivity contribution is -0.121. The van der Waals surface area contributed by atoms with Crippen molar-refractivity contribution in [1.29, 1.82) is 0 Å². The maximum Gasteiger partial charge on any atom is 0.265 e. The molecule has 5 rings (SSSR count). The van der Waals surface area contributed by atoms with Gasteiger partial charge >= 0.3 is 0 Å². The van der Waals surface area contributed by atoms with Gasteiger partial charge in [-0.05, 0) is 66.9 Å². The number of sulfonamides is 1. The van der Waals surface area contributed by atoms with E-state index >= 15 is 0 Å². The molecule has 2 amide bonds. The van der Waals surface area contributed by atoms with Gasteiger partial charge in [0, 0.05) is 30.4 Å². The summed E-state index contributed by atoms with van der Waals surface area (Å²) in [5.74, 6) is -0.556. The third-order valence-corrected chi connectivity index (χ3v) is 8.15. The predicted molar refractivity (Wildman–Crippen MR) is 132 cm³/mol. The number of hydrogen-bond donors (Lipinski definition) is 1. The Bertz CT molecular complexity index is 1400. The van der Waals surface area contributed by atoms with Crippen molar-refractivity contribution in [2.75, 3.05) is 29.9 Å². The second-order valence-electron chi connectivity index (χ2n) is 8.67. The van der Waals surface area contributed by atoms with Gasteiger partial charge in [-0.2, -0.15) is 4.31 Å². The summed E-state index contributed by atoms with van der Waals surface area (Å²) in [6.07, 6.45) is 1.70. The molecule has 0 atom stereocenters. The van der Waals surface area contributed by atoms with Gasteiger partial charge < -0.3 is 15.0 Å². The van der Waals surface area contributed by atoms with Crippen LogP contribution in [0.2, 0.25) is 0 Å². The number of nitrogens with zero attached hydrogens (tertiary/aromatic N) is 2. The SMILES string of the molecule is O=C(Nc1ccc2c(c1)OCC(=O)N2Cc1ccc(F)cc1)c1ccc(S(=O)(=O)N2CCCC2)cc1. The normalized spacial score (nSPS) is 15.9. The topological polar surface area (TPSA) is 96.0 Å². The molecule has 0 saturated carbocycles. The molecule has 0 spiro atoms. The van der Waals surface area contributed by atoms with Crippen molar-refractivity contribution in [1.82, 2.24) is 4.31 Å². The van der Waals surface area contributed by atoms with Gasteiger partial charge in [-0.15, -0.1) is 0 Å². The van der Waals surface area contributed by atoms with Gasteiger partial charge in [-0.1, -0.05) is 12.1 Å². The van der Waals surface area contributed by atoms with E-state index in [1.54, 1.807) is 35.2 Å². The zero-order valence-corrected chi connectivity index (χ0v) is 20.1. The van der Waals surface area contributed by atoms with Crippen molar-refractivity contribution in [2.24, 2.45) is 0 Å². The van der Waals surface area contributed by atoms with Crippen molar-refractivity contribution in [3.63, 3.8) is 0 Å². The minimum Gasteiger partial charge on any atom is -0.481 e. The maximum atomic E-state index is 13.2. The van der Waals surface area contributed by atoms with E-state index in [1.165, 1.54) is 40.7 Å². The average Bonchev–Trinajstić information content (AvgIpc) is 3.43. The fourth-order valence-corrected chi connectivity index (χ4v) is 5.80. The molecule has 10 heteroatoms. The number of carbonyl (C=O) groups excluding carboxylic acids is 2. The van der Waals surface area contributed by atoms with Gasteiger partial charge in [0.2, 0.25) is 10.0 Å². The first-order valence-corrected chi connectivity index (χ1v) is 13.0. The zero-order chi connectivity index (χ0) is 25.3. The molecule has 3 aromatic rings. The molecule has 8 nitrogen and oxygen atoms in total. The van der Waals surface area contributed by atoms with Crippen LogP contribution in [0.4, 0.5) is 15.8 Å². The molecule has 0 unspecified atom stereocenters. The Kier molecular flexibility index (Phi) is 6.46. The van der Waals surface area contributed by atoms with Crippen molar-refractivity contribution in [2.45, 2.75) is 24.3 Å². The van der Waals surface area contributed by atoms with E-state index in [1.807, 2.05) is 0 Å². The molecular weight excluding hydrogens is 485 g/mol. The van der Waals surface area contributed by atoms with E-state index in [9.17, 15) is 22.4 Å². The summed E-state index contributed by atoms with van der Waals surface area (Å²) in [5, 5.41) is 2.78. The summed E-state index contributed by atoms with van der Waals surface area (Å²) in [7, 11) is -3.55. The highest BCUT2D eigenvalue weighted by Crippen LogP contribution is 2.35. The molecule has 36 heavy (non-hydrogen) atoms. The van der Waals surface area contributed by atoms with Crippen molar-refractivity contribution < 1.29 is 27.1 Å². The summed E-state index contributed by atoms with van der Waals surface area (Å²) in [4.78, 5) is 27.0. The molecule has 2 aliphatic heterocycles. The average molecular weight is 510 g/mol. The minimum absolute atomic E-state index is 0.154. The summed E-state index contributed by atoms with van der Waals surface area (Å²) in [6, 6.07) is 16.7. The minimum atomic E-state index is -3.55. The number of anilines is 2. The number of ether oxygens (including phenoxy) is 1. The van der Waals surface area contributed by atoms with E-state index < -0.39 is 15.9 Å². The van der Waals surface area contributed by atoms with Gasteiger partial charge in [-0.25, -0.2) is 12.8 Å². The smallest absolute Gasteiger partial charge is 0.265 e. The van der Waals surface area contributed by atoms with Crippen LogP contribution in [0.3, 0.4) is 0 Å². The number of benzene rings is 3.